The Bertz CT molecular complexity index is 203. The van der Waals surface area contributed by atoms with Gasteiger partial charge in [-0.3, -0.25) is 0 Å². The quantitative estimate of drug-likeness (QED) is 0.746. The number of rotatable bonds is 2. The summed E-state index contributed by atoms with van der Waals surface area (Å²) >= 11 is 0. The zero-order valence-electron chi connectivity index (χ0n) is 11.3. The average Bonchev–Trinajstić information content (AvgIpc) is 2.20. The minimum Gasteiger partial charge on any atom is -0.311 e. The highest BCUT2D eigenvalue weighted by atomic mass is 15.0. The zero-order valence-corrected chi connectivity index (χ0v) is 11.3. The van der Waals surface area contributed by atoms with Crippen molar-refractivity contribution >= 4 is 0 Å². The summed E-state index contributed by atoms with van der Waals surface area (Å²) in [5.74, 6) is 2.77. The molecule has 4 atom stereocenters. The zero-order chi connectivity index (χ0) is 11.5. The molecule has 0 aliphatic heterocycles. The van der Waals surface area contributed by atoms with Crippen LogP contribution in [0.15, 0.2) is 0 Å². The Hall–Kier alpha value is -0.0400. The van der Waals surface area contributed by atoms with Gasteiger partial charge in [0.05, 0.1) is 0 Å². The third-order valence-corrected chi connectivity index (χ3v) is 4.74. The van der Waals surface area contributed by atoms with E-state index in [1.165, 1.54) is 44.9 Å². The number of hydrogen-bond donors (Lipinski definition) is 1. The van der Waals surface area contributed by atoms with Crippen molar-refractivity contribution in [1.82, 2.24) is 5.32 Å². The molecule has 1 heteroatoms. The summed E-state index contributed by atoms with van der Waals surface area (Å²) in [6, 6.07) is 1.63. The normalized spacial score (nSPS) is 45.6. The molecular formula is C15H29N. The van der Waals surface area contributed by atoms with E-state index in [2.05, 4.69) is 26.1 Å². The molecule has 16 heavy (non-hydrogen) atoms. The van der Waals surface area contributed by atoms with E-state index < -0.39 is 0 Å². The van der Waals surface area contributed by atoms with Gasteiger partial charge < -0.3 is 5.32 Å². The van der Waals surface area contributed by atoms with Gasteiger partial charge in [0.15, 0.2) is 0 Å². The second-order valence-electron chi connectivity index (χ2n) is 6.65. The highest BCUT2D eigenvalue weighted by molar-refractivity contribution is 4.86. The largest absolute Gasteiger partial charge is 0.311 e. The molecule has 1 N–H and O–H groups in total. The smallest absolute Gasteiger partial charge is 0.00952 e. The van der Waals surface area contributed by atoms with Gasteiger partial charge in [-0.15, -0.1) is 0 Å². The van der Waals surface area contributed by atoms with Crippen LogP contribution in [0.25, 0.3) is 0 Å². The Labute approximate surface area is 101 Å². The fourth-order valence-electron chi connectivity index (χ4n) is 3.95. The highest BCUT2D eigenvalue weighted by Gasteiger charge is 2.28. The maximum Gasteiger partial charge on any atom is 0.00952 e. The molecular weight excluding hydrogens is 194 g/mol. The molecule has 2 rings (SSSR count). The second-order valence-corrected chi connectivity index (χ2v) is 6.65. The Kier molecular flexibility index (Phi) is 4.29. The maximum absolute atomic E-state index is 3.97. The van der Waals surface area contributed by atoms with E-state index in [9.17, 15) is 0 Å². The third kappa shape index (κ3) is 3.23. The minimum atomic E-state index is 0.810. The van der Waals surface area contributed by atoms with Crippen LogP contribution in [-0.2, 0) is 0 Å². The number of hydrogen-bond acceptors (Lipinski definition) is 1. The molecule has 0 aromatic heterocycles. The lowest BCUT2D eigenvalue weighted by Gasteiger charge is -2.38. The summed E-state index contributed by atoms with van der Waals surface area (Å²) in [7, 11) is 0. The van der Waals surface area contributed by atoms with Crippen LogP contribution >= 0.6 is 0 Å². The van der Waals surface area contributed by atoms with Gasteiger partial charge in [-0.25, -0.2) is 0 Å². The Morgan fingerprint density at radius 1 is 0.812 bits per heavy atom. The summed E-state index contributed by atoms with van der Waals surface area (Å²) in [6.07, 6.45) is 10.0. The Morgan fingerprint density at radius 3 is 2.06 bits per heavy atom. The molecule has 94 valence electrons. The molecule has 0 radical (unpaired) electrons. The Balaban J connectivity index is 1.83. The van der Waals surface area contributed by atoms with Crippen LogP contribution in [0.3, 0.4) is 0 Å². The molecule has 2 saturated carbocycles. The molecule has 1 nitrogen and oxygen atoms in total. The SMILES string of the molecule is CC1CC(C)CC(NC2CCCCC2C)C1. The van der Waals surface area contributed by atoms with Crippen molar-refractivity contribution < 1.29 is 0 Å². The lowest BCUT2D eigenvalue weighted by Crippen LogP contribution is -2.46. The predicted molar refractivity (Wildman–Crippen MR) is 70.5 cm³/mol. The molecule has 0 aromatic rings. The first-order chi connectivity index (χ1) is 7.65. The van der Waals surface area contributed by atoms with Crippen molar-refractivity contribution in [2.45, 2.75) is 77.8 Å². The van der Waals surface area contributed by atoms with E-state index >= 15 is 0 Å². The van der Waals surface area contributed by atoms with E-state index in [1.807, 2.05) is 0 Å². The molecule has 2 aliphatic rings. The van der Waals surface area contributed by atoms with Crippen LogP contribution in [0.4, 0.5) is 0 Å². The van der Waals surface area contributed by atoms with E-state index in [4.69, 9.17) is 0 Å². The van der Waals surface area contributed by atoms with Crippen molar-refractivity contribution in [2.75, 3.05) is 0 Å². The topological polar surface area (TPSA) is 12.0 Å². The summed E-state index contributed by atoms with van der Waals surface area (Å²) in [5.41, 5.74) is 0. The molecule has 4 unspecified atom stereocenters. The molecule has 0 saturated heterocycles. The van der Waals surface area contributed by atoms with Crippen LogP contribution in [0.5, 0.6) is 0 Å². The maximum atomic E-state index is 3.97. The average molecular weight is 223 g/mol. The summed E-state index contributed by atoms with van der Waals surface area (Å²) in [5, 5.41) is 3.97. The first kappa shape index (κ1) is 12.4. The fraction of sp³-hybridized carbons (Fsp3) is 1.00. The monoisotopic (exact) mass is 223 g/mol. The fourth-order valence-corrected chi connectivity index (χ4v) is 3.95. The van der Waals surface area contributed by atoms with Gasteiger partial charge in [-0.1, -0.05) is 33.6 Å². The van der Waals surface area contributed by atoms with Crippen LogP contribution in [-0.4, -0.2) is 12.1 Å². The lowest BCUT2D eigenvalue weighted by atomic mass is 9.78. The molecule has 2 fully saturated rings. The van der Waals surface area contributed by atoms with Gasteiger partial charge in [0.25, 0.3) is 0 Å². The van der Waals surface area contributed by atoms with Crippen LogP contribution in [0.2, 0.25) is 0 Å². The molecule has 0 spiro atoms. The van der Waals surface area contributed by atoms with E-state index in [0.717, 1.165) is 29.8 Å². The molecule has 0 aromatic carbocycles. The second kappa shape index (κ2) is 5.53. The Morgan fingerprint density at radius 2 is 1.44 bits per heavy atom. The van der Waals surface area contributed by atoms with Gasteiger partial charge in [0.1, 0.15) is 0 Å². The van der Waals surface area contributed by atoms with Gasteiger partial charge in [0, 0.05) is 12.1 Å². The summed E-state index contributed by atoms with van der Waals surface area (Å²) < 4.78 is 0. The highest BCUT2D eigenvalue weighted by Crippen LogP contribution is 2.31. The van der Waals surface area contributed by atoms with Gasteiger partial charge in [-0.2, -0.15) is 0 Å². The number of nitrogens with one attached hydrogen (secondary N) is 1. The van der Waals surface area contributed by atoms with Crippen molar-refractivity contribution in [3.8, 4) is 0 Å². The van der Waals surface area contributed by atoms with Gasteiger partial charge in [-0.05, 0) is 49.9 Å². The standard InChI is InChI=1S/C15H29N/c1-11-8-12(2)10-14(9-11)16-15-7-5-4-6-13(15)3/h11-16H,4-10H2,1-3H3. The summed E-state index contributed by atoms with van der Waals surface area (Å²) in [4.78, 5) is 0. The first-order valence-electron chi connectivity index (χ1n) is 7.41. The van der Waals surface area contributed by atoms with Gasteiger partial charge in [0.2, 0.25) is 0 Å². The van der Waals surface area contributed by atoms with Crippen molar-refractivity contribution in [3.05, 3.63) is 0 Å². The molecule has 0 bridgehead atoms. The molecule has 2 aliphatic carbocycles. The third-order valence-electron chi connectivity index (χ3n) is 4.74. The van der Waals surface area contributed by atoms with E-state index in [1.54, 1.807) is 0 Å². The predicted octanol–water partition coefficient (Wildman–Crippen LogP) is 3.98. The van der Waals surface area contributed by atoms with Crippen molar-refractivity contribution in [3.63, 3.8) is 0 Å². The van der Waals surface area contributed by atoms with Crippen molar-refractivity contribution in [2.24, 2.45) is 17.8 Å². The molecule has 0 amide bonds. The van der Waals surface area contributed by atoms with Crippen LogP contribution < -0.4 is 5.32 Å². The van der Waals surface area contributed by atoms with E-state index in [0.29, 0.717) is 0 Å². The van der Waals surface area contributed by atoms with Crippen molar-refractivity contribution in [1.29, 1.82) is 0 Å². The summed E-state index contributed by atoms with van der Waals surface area (Å²) in [6.45, 7) is 7.29. The van der Waals surface area contributed by atoms with Gasteiger partial charge >= 0.3 is 0 Å². The van der Waals surface area contributed by atoms with E-state index in [-0.39, 0.29) is 0 Å². The van der Waals surface area contributed by atoms with Crippen LogP contribution in [0, 0.1) is 17.8 Å². The minimum absolute atomic E-state index is 0.810. The first-order valence-corrected chi connectivity index (χ1v) is 7.41. The lowest BCUT2D eigenvalue weighted by molar-refractivity contribution is 0.188. The van der Waals surface area contributed by atoms with Crippen LogP contribution in [0.1, 0.15) is 65.7 Å². The molecule has 0 heterocycles.